The van der Waals surface area contributed by atoms with E-state index in [4.69, 9.17) is 0 Å². The molecule has 6 heteroatoms. The summed E-state index contributed by atoms with van der Waals surface area (Å²) in [5, 5.41) is 2.85. The van der Waals surface area contributed by atoms with Crippen molar-refractivity contribution < 1.29 is 4.79 Å². The largest absolute Gasteiger partial charge is 0.350 e. The topological polar surface area (TPSA) is 77.2 Å². The number of benzene rings is 1. The Balaban J connectivity index is 2.44. The van der Waals surface area contributed by atoms with Crippen molar-refractivity contribution in [2.24, 2.45) is 0 Å². The van der Waals surface area contributed by atoms with Gasteiger partial charge in [-0.05, 0) is 38.6 Å². The molecule has 6 nitrogen and oxygen atoms in total. The zero-order chi connectivity index (χ0) is 13.4. The van der Waals surface area contributed by atoms with Crippen LogP contribution in [0.1, 0.15) is 29.8 Å². The van der Waals surface area contributed by atoms with Crippen LogP contribution in [0.25, 0.3) is 0 Å². The van der Waals surface area contributed by atoms with Crippen molar-refractivity contribution in [1.29, 1.82) is 0 Å². The van der Waals surface area contributed by atoms with Gasteiger partial charge in [-0.25, -0.2) is 10.9 Å². The lowest BCUT2D eigenvalue weighted by Crippen LogP contribution is -2.48. The summed E-state index contributed by atoms with van der Waals surface area (Å²) >= 11 is 0. The van der Waals surface area contributed by atoms with Gasteiger partial charge in [-0.1, -0.05) is 12.1 Å². The highest BCUT2D eigenvalue weighted by Crippen LogP contribution is 2.04. The minimum atomic E-state index is -0.0421. The van der Waals surface area contributed by atoms with Crippen LogP contribution in [0.4, 0.5) is 0 Å². The SMILES string of the molecule is CNNNNCc1ccc(C(=O)NC(C)C)cc1. The second-order valence-electron chi connectivity index (χ2n) is 4.18. The van der Waals surface area contributed by atoms with Gasteiger partial charge in [0.05, 0.1) is 0 Å². The van der Waals surface area contributed by atoms with Gasteiger partial charge in [0.2, 0.25) is 0 Å². The van der Waals surface area contributed by atoms with Crippen LogP contribution in [0.3, 0.4) is 0 Å². The number of hydrogen-bond donors (Lipinski definition) is 5. The summed E-state index contributed by atoms with van der Waals surface area (Å²) in [6.07, 6.45) is 0. The van der Waals surface area contributed by atoms with E-state index in [1.165, 1.54) is 0 Å². The van der Waals surface area contributed by atoms with E-state index >= 15 is 0 Å². The van der Waals surface area contributed by atoms with E-state index in [-0.39, 0.29) is 11.9 Å². The number of hydrazine groups is 3. The number of hydrogen-bond acceptors (Lipinski definition) is 5. The van der Waals surface area contributed by atoms with Crippen molar-refractivity contribution in [1.82, 2.24) is 27.2 Å². The molecule has 0 unspecified atom stereocenters. The number of carbonyl (C=O) groups is 1. The summed E-state index contributed by atoms with van der Waals surface area (Å²) in [6.45, 7) is 4.54. The van der Waals surface area contributed by atoms with Gasteiger partial charge in [0, 0.05) is 18.2 Å². The highest BCUT2D eigenvalue weighted by molar-refractivity contribution is 5.94. The fourth-order valence-corrected chi connectivity index (χ4v) is 1.37. The van der Waals surface area contributed by atoms with Crippen molar-refractivity contribution in [2.45, 2.75) is 26.4 Å². The fraction of sp³-hybridized carbons (Fsp3) is 0.417. The number of nitrogens with one attached hydrogen (secondary N) is 5. The van der Waals surface area contributed by atoms with Crippen molar-refractivity contribution in [3.63, 3.8) is 0 Å². The van der Waals surface area contributed by atoms with Crippen LogP contribution >= 0.6 is 0 Å². The van der Waals surface area contributed by atoms with Gasteiger partial charge < -0.3 is 5.32 Å². The predicted octanol–water partition coefficient (Wildman–Crippen LogP) is 0.0580. The zero-order valence-corrected chi connectivity index (χ0v) is 11.0. The summed E-state index contributed by atoms with van der Waals surface area (Å²) in [4.78, 5) is 11.7. The summed E-state index contributed by atoms with van der Waals surface area (Å²) in [5.74, 6) is -0.0421. The molecule has 0 atom stereocenters. The third-order valence-corrected chi connectivity index (χ3v) is 2.20. The molecule has 1 amide bonds. The highest BCUT2D eigenvalue weighted by Gasteiger charge is 2.05. The minimum absolute atomic E-state index is 0.0421. The standard InChI is InChI=1S/C12H21N5O/c1-9(2)15-12(18)11-6-4-10(5-7-11)8-14-17-16-13-3/h4-7,9,13-14,16-17H,8H2,1-3H3,(H,15,18). The monoisotopic (exact) mass is 251 g/mol. The maximum atomic E-state index is 11.7. The molecule has 0 fully saturated rings. The normalized spacial score (nSPS) is 10.7. The fourth-order valence-electron chi connectivity index (χ4n) is 1.37. The lowest BCUT2D eigenvalue weighted by molar-refractivity contribution is 0.0943. The van der Waals surface area contributed by atoms with Gasteiger partial charge in [0.1, 0.15) is 0 Å². The second kappa shape index (κ2) is 7.78. The maximum absolute atomic E-state index is 11.7. The van der Waals surface area contributed by atoms with E-state index < -0.39 is 0 Å². The first-order valence-corrected chi connectivity index (χ1v) is 5.93. The average molecular weight is 251 g/mol. The molecule has 5 N–H and O–H groups in total. The van der Waals surface area contributed by atoms with Crippen LogP contribution in [-0.4, -0.2) is 19.0 Å². The molecule has 0 saturated carbocycles. The molecule has 0 aliphatic rings. The third kappa shape index (κ3) is 5.24. The smallest absolute Gasteiger partial charge is 0.251 e. The third-order valence-electron chi connectivity index (χ3n) is 2.20. The Kier molecular flexibility index (Phi) is 6.31. The summed E-state index contributed by atoms with van der Waals surface area (Å²) in [7, 11) is 1.76. The number of carbonyl (C=O) groups excluding carboxylic acids is 1. The molecule has 0 aliphatic carbocycles. The first-order valence-electron chi connectivity index (χ1n) is 5.93. The molecule has 0 aromatic heterocycles. The highest BCUT2D eigenvalue weighted by atomic mass is 16.1. The van der Waals surface area contributed by atoms with Crippen LogP contribution in [0.15, 0.2) is 24.3 Å². The zero-order valence-electron chi connectivity index (χ0n) is 11.0. The van der Waals surface area contributed by atoms with Crippen molar-refractivity contribution in [3.8, 4) is 0 Å². The van der Waals surface area contributed by atoms with E-state index in [0.29, 0.717) is 12.1 Å². The Morgan fingerprint density at radius 1 is 1.17 bits per heavy atom. The summed E-state index contributed by atoms with van der Waals surface area (Å²) in [5.41, 5.74) is 12.9. The number of rotatable bonds is 7. The Labute approximate surface area is 107 Å². The molecule has 0 bridgehead atoms. The Morgan fingerprint density at radius 2 is 1.83 bits per heavy atom. The van der Waals surface area contributed by atoms with Gasteiger partial charge >= 0.3 is 0 Å². The van der Waals surface area contributed by atoms with Gasteiger partial charge in [-0.15, -0.1) is 0 Å². The summed E-state index contributed by atoms with van der Waals surface area (Å²) < 4.78 is 0. The van der Waals surface area contributed by atoms with Crippen molar-refractivity contribution >= 4 is 5.91 Å². The van der Waals surface area contributed by atoms with E-state index in [2.05, 4.69) is 27.2 Å². The average Bonchev–Trinajstić information content (AvgIpc) is 2.34. The Bertz CT molecular complexity index is 363. The van der Waals surface area contributed by atoms with E-state index in [1.54, 1.807) is 7.05 Å². The van der Waals surface area contributed by atoms with Crippen LogP contribution in [0.2, 0.25) is 0 Å². The lowest BCUT2D eigenvalue weighted by Gasteiger charge is -2.10. The first-order chi connectivity index (χ1) is 8.63. The van der Waals surface area contributed by atoms with Crippen LogP contribution in [-0.2, 0) is 6.54 Å². The van der Waals surface area contributed by atoms with Crippen molar-refractivity contribution in [3.05, 3.63) is 35.4 Å². The molecular weight excluding hydrogens is 230 g/mol. The van der Waals surface area contributed by atoms with Gasteiger partial charge in [-0.3, -0.25) is 4.79 Å². The van der Waals surface area contributed by atoms with Crippen LogP contribution < -0.4 is 27.2 Å². The lowest BCUT2D eigenvalue weighted by atomic mass is 10.1. The minimum Gasteiger partial charge on any atom is -0.350 e. The molecule has 1 rings (SSSR count). The molecule has 18 heavy (non-hydrogen) atoms. The number of amides is 1. The second-order valence-corrected chi connectivity index (χ2v) is 4.18. The van der Waals surface area contributed by atoms with E-state index in [1.807, 2.05) is 38.1 Å². The van der Waals surface area contributed by atoms with Gasteiger partial charge in [0.15, 0.2) is 0 Å². The molecular formula is C12H21N5O. The quantitative estimate of drug-likeness (QED) is 0.350. The molecule has 1 aromatic carbocycles. The molecule has 0 radical (unpaired) electrons. The predicted molar refractivity (Wildman–Crippen MR) is 71.2 cm³/mol. The molecule has 0 heterocycles. The Hall–Kier alpha value is -1.47. The van der Waals surface area contributed by atoms with Gasteiger partial charge in [-0.2, -0.15) is 11.1 Å². The Morgan fingerprint density at radius 3 is 2.39 bits per heavy atom. The van der Waals surface area contributed by atoms with Crippen LogP contribution in [0, 0.1) is 0 Å². The maximum Gasteiger partial charge on any atom is 0.251 e. The van der Waals surface area contributed by atoms with E-state index in [9.17, 15) is 4.79 Å². The molecule has 1 aromatic rings. The van der Waals surface area contributed by atoms with E-state index in [0.717, 1.165) is 5.56 Å². The van der Waals surface area contributed by atoms with Crippen molar-refractivity contribution in [2.75, 3.05) is 7.05 Å². The van der Waals surface area contributed by atoms with Crippen LogP contribution in [0.5, 0.6) is 0 Å². The molecule has 0 spiro atoms. The molecule has 0 saturated heterocycles. The molecule has 100 valence electrons. The first kappa shape index (κ1) is 14.6. The molecule has 0 aliphatic heterocycles. The summed E-state index contributed by atoms with van der Waals surface area (Å²) in [6, 6.07) is 7.63. The van der Waals surface area contributed by atoms with Gasteiger partial charge in [0.25, 0.3) is 5.91 Å².